The van der Waals surface area contributed by atoms with Crippen LogP contribution >= 0.6 is 15.9 Å². The van der Waals surface area contributed by atoms with Gasteiger partial charge in [-0.15, -0.1) is 0 Å². The van der Waals surface area contributed by atoms with Crippen LogP contribution in [0.15, 0.2) is 150 Å². The van der Waals surface area contributed by atoms with Gasteiger partial charge in [0.1, 0.15) is 0 Å². The van der Waals surface area contributed by atoms with Crippen LogP contribution in [0.2, 0.25) is 0 Å². The Kier molecular flexibility index (Phi) is 8.34. The van der Waals surface area contributed by atoms with Crippen molar-refractivity contribution in [2.24, 2.45) is 0 Å². The predicted molar refractivity (Wildman–Crippen MR) is 180 cm³/mol. The van der Waals surface area contributed by atoms with Crippen LogP contribution in [0.5, 0.6) is 0 Å². The Morgan fingerprint density at radius 1 is 0.524 bits per heavy atom. The van der Waals surface area contributed by atoms with Crippen molar-refractivity contribution < 1.29 is 10.0 Å². The van der Waals surface area contributed by atoms with Crippen LogP contribution in [0.25, 0.3) is 44.1 Å². The molecule has 8 rings (SSSR count). The van der Waals surface area contributed by atoms with E-state index in [1.54, 1.807) is 24.3 Å². The summed E-state index contributed by atoms with van der Waals surface area (Å²) in [6.45, 7) is 0. The van der Waals surface area contributed by atoms with Crippen LogP contribution in [-0.2, 0) is 6.42 Å². The van der Waals surface area contributed by atoms with Crippen molar-refractivity contribution in [3.8, 4) is 22.3 Å². The Bertz CT molecular complexity index is 1950. The van der Waals surface area contributed by atoms with Crippen LogP contribution in [0, 0.1) is 0 Å². The average molecular weight is 610 g/mol. The van der Waals surface area contributed by atoms with Crippen LogP contribution in [0.4, 0.5) is 0 Å². The molecule has 3 nitrogen and oxygen atoms in total. The number of H-pyrrole nitrogens is 1. The fourth-order valence-corrected chi connectivity index (χ4v) is 5.74. The summed E-state index contributed by atoms with van der Waals surface area (Å²) in [6, 6.07) is 49.4. The molecule has 1 aliphatic rings. The third-order valence-electron chi connectivity index (χ3n) is 7.47. The van der Waals surface area contributed by atoms with E-state index in [4.69, 9.17) is 10.0 Å². The molecule has 204 valence electrons. The highest BCUT2D eigenvalue weighted by molar-refractivity contribution is 9.10. The molecular weight excluding hydrogens is 581 g/mol. The normalized spacial score (nSPS) is 11.1. The first kappa shape index (κ1) is 27.7. The van der Waals surface area contributed by atoms with E-state index in [0.29, 0.717) is 5.46 Å². The molecule has 7 aromatic rings. The molecule has 6 aromatic carbocycles. The van der Waals surface area contributed by atoms with Gasteiger partial charge < -0.3 is 15.0 Å². The summed E-state index contributed by atoms with van der Waals surface area (Å²) in [5.74, 6) is 0. The number of nitrogens with one attached hydrogen (secondary N) is 1. The lowest BCUT2D eigenvalue weighted by atomic mass is 9.81. The van der Waals surface area contributed by atoms with Crippen LogP contribution < -0.4 is 5.46 Å². The molecule has 1 aromatic heterocycles. The molecule has 1 heterocycles. The first-order valence-electron chi connectivity index (χ1n) is 13.9. The van der Waals surface area contributed by atoms with Crippen molar-refractivity contribution in [1.29, 1.82) is 0 Å². The zero-order chi connectivity index (χ0) is 28.9. The zero-order valence-electron chi connectivity index (χ0n) is 22.9. The molecule has 1 aliphatic carbocycles. The smallest absolute Gasteiger partial charge is 0.423 e. The second kappa shape index (κ2) is 12.6. The Hall–Kier alpha value is -4.42. The number of para-hydroxylation sites is 1. The molecule has 0 bridgehead atoms. The standard InChI is InChI=1S/C18H13N.C13H9Br.C6H7BO2/c1-2-6-13(7-3-1)14-10-11-18-16(12-14)15-8-4-5-9-17(15)19-18;14-11-6-5-10-7-9-3-1-2-4-12(9)13(10)8-11;8-7(9)6-4-2-1-3-5-6/h1-12,19H;1-6,8H,7H2;1-5,8-9H. The molecule has 42 heavy (non-hydrogen) atoms. The number of aromatic amines is 1. The number of fused-ring (bicyclic) bond motifs is 6. The number of hydrogen-bond acceptors (Lipinski definition) is 2. The summed E-state index contributed by atoms with van der Waals surface area (Å²) >= 11 is 3.52. The number of halogens is 1. The number of benzene rings is 6. The van der Waals surface area contributed by atoms with Crippen LogP contribution in [0.3, 0.4) is 0 Å². The van der Waals surface area contributed by atoms with E-state index in [2.05, 4.69) is 130 Å². The molecule has 0 spiro atoms. The fraction of sp³-hybridized carbons (Fsp3) is 0.0270. The van der Waals surface area contributed by atoms with Gasteiger partial charge >= 0.3 is 7.12 Å². The number of rotatable bonds is 2. The van der Waals surface area contributed by atoms with Gasteiger partial charge in [-0.05, 0) is 75.6 Å². The molecule has 0 unspecified atom stereocenters. The monoisotopic (exact) mass is 609 g/mol. The predicted octanol–water partition coefficient (Wildman–Crippen LogP) is 8.37. The van der Waals surface area contributed by atoms with E-state index < -0.39 is 7.12 Å². The molecule has 3 N–H and O–H groups in total. The second-order valence-electron chi connectivity index (χ2n) is 10.2. The lowest BCUT2D eigenvalue weighted by molar-refractivity contribution is 0.426. The number of hydrogen-bond donors (Lipinski definition) is 3. The topological polar surface area (TPSA) is 56.2 Å². The van der Waals surface area contributed by atoms with Gasteiger partial charge in [0, 0.05) is 26.3 Å². The molecule has 0 saturated heterocycles. The van der Waals surface area contributed by atoms with Crippen molar-refractivity contribution in [2.45, 2.75) is 6.42 Å². The van der Waals surface area contributed by atoms with Gasteiger partial charge in [0.15, 0.2) is 0 Å². The molecule has 5 heteroatoms. The molecule has 0 radical (unpaired) electrons. The first-order chi connectivity index (χ1) is 20.6. The highest BCUT2D eigenvalue weighted by Gasteiger charge is 2.17. The summed E-state index contributed by atoms with van der Waals surface area (Å²) in [4.78, 5) is 3.46. The Morgan fingerprint density at radius 2 is 1.17 bits per heavy atom. The van der Waals surface area contributed by atoms with Crippen LogP contribution in [-0.4, -0.2) is 22.2 Å². The minimum absolute atomic E-state index is 0.525. The summed E-state index contributed by atoms with van der Waals surface area (Å²) in [5, 5.41) is 19.7. The molecule has 0 fully saturated rings. The largest absolute Gasteiger partial charge is 0.488 e. The molecule has 0 aliphatic heterocycles. The van der Waals surface area contributed by atoms with Gasteiger partial charge in [-0.3, -0.25) is 0 Å². The van der Waals surface area contributed by atoms with Crippen molar-refractivity contribution in [2.75, 3.05) is 0 Å². The first-order valence-corrected chi connectivity index (χ1v) is 14.7. The summed E-state index contributed by atoms with van der Waals surface area (Å²) in [6.07, 6.45) is 1.08. The van der Waals surface area contributed by atoms with Gasteiger partial charge in [0.05, 0.1) is 0 Å². The quantitative estimate of drug-likeness (QED) is 0.172. The summed E-state index contributed by atoms with van der Waals surface area (Å²) < 4.78 is 1.16. The minimum atomic E-state index is -1.34. The maximum Gasteiger partial charge on any atom is 0.488 e. The van der Waals surface area contributed by atoms with Gasteiger partial charge in [-0.2, -0.15) is 0 Å². The lowest BCUT2D eigenvalue weighted by Crippen LogP contribution is -2.29. The van der Waals surface area contributed by atoms with E-state index in [1.165, 1.54) is 55.2 Å². The van der Waals surface area contributed by atoms with E-state index >= 15 is 0 Å². The zero-order valence-corrected chi connectivity index (χ0v) is 24.5. The third kappa shape index (κ3) is 6.09. The third-order valence-corrected chi connectivity index (χ3v) is 7.96. The Labute approximate surface area is 254 Å². The molecule has 0 amide bonds. The highest BCUT2D eigenvalue weighted by atomic mass is 79.9. The van der Waals surface area contributed by atoms with Crippen molar-refractivity contribution >= 4 is 50.3 Å². The maximum absolute atomic E-state index is 8.58. The van der Waals surface area contributed by atoms with Crippen LogP contribution in [0.1, 0.15) is 11.1 Å². The fourth-order valence-electron chi connectivity index (χ4n) is 5.38. The molecule has 0 atom stereocenters. The van der Waals surface area contributed by atoms with Crippen molar-refractivity contribution in [3.63, 3.8) is 0 Å². The maximum atomic E-state index is 8.58. The molecule has 0 saturated carbocycles. The van der Waals surface area contributed by atoms with Gasteiger partial charge in [-0.1, -0.05) is 131 Å². The number of aromatic nitrogens is 1. The van der Waals surface area contributed by atoms with E-state index in [-0.39, 0.29) is 0 Å². The second-order valence-corrected chi connectivity index (χ2v) is 11.1. The molecular formula is C37H29BBrNO2. The van der Waals surface area contributed by atoms with E-state index in [9.17, 15) is 0 Å². The SMILES string of the molecule is Brc1ccc2c(c1)-c1ccccc1C2.OB(O)c1ccccc1.c1ccc(-c2ccc3[nH]c4ccccc4c3c2)cc1. The Balaban J connectivity index is 0.000000121. The summed E-state index contributed by atoms with van der Waals surface area (Å²) in [7, 11) is -1.34. The summed E-state index contributed by atoms with van der Waals surface area (Å²) in [5.41, 5.74) is 11.1. The Morgan fingerprint density at radius 3 is 1.93 bits per heavy atom. The van der Waals surface area contributed by atoms with E-state index in [0.717, 1.165) is 10.9 Å². The van der Waals surface area contributed by atoms with Crippen molar-refractivity contribution in [3.05, 3.63) is 161 Å². The lowest BCUT2D eigenvalue weighted by Gasteiger charge is -2.01. The van der Waals surface area contributed by atoms with Crippen molar-refractivity contribution in [1.82, 2.24) is 4.98 Å². The average Bonchev–Trinajstić information content (AvgIpc) is 3.60. The minimum Gasteiger partial charge on any atom is -0.423 e. The highest BCUT2D eigenvalue weighted by Crippen LogP contribution is 2.37. The van der Waals surface area contributed by atoms with Gasteiger partial charge in [-0.25, -0.2) is 0 Å². The van der Waals surface area contributed by atoms with E-state index in [1.807, 2.05) is 12.1 Å². The van der Waals surface area contributed by atoms with Gasteiger partial charge in [0.2, 0.25) is 0 Å². The van der Waals surface area contributed by atoms with Gasteiger partial charge in [0.25, 0.3) is 0 Å².